The van der Waals surface area contributed by atoms with Crippen molar-refractivity contribution in [1.82, 2.24) is 5.32 Å². The highest BCUT2D eigenvalue weighted by molar-refractivity contribution is 5.77. The SMILES string of the molecule is CCCCCC[C@@H](C)NC(=O)C[NH+]1CC[NH+](Cc2ccc3c(c2)OCO3)CC1. The zero-order valence-corrected chi connectivity index (χ0v) is 17.5. The predicted molar refractivity (Wildman–Crippen MR) is 109 cm³/mol. The standard InChI is InChI=1S/C22H35N3O3/c1-3-4-5-6-7-18(2)23-22(26)16-25-12-10-24(11-13-25)15-19-8-9-20-21(14-19)28-17-27-20/h8-9,14,18H,3-7,10-13,15-17H2,1-2H3,(H,23,26)/p+2/t18-/m1/s1. The molecule has 1 atom stereocenters. The lowest BCUT2D eigenvalue weighted by molar-refractivity contribution is -1.02. The van der Waals surface area contributed by atoms with Gasteiger partial charge in [-0.25, -0.2) is 0 Å². The number of nitrogens with one attached hydrogen (secondary N) is 3. The van der Waals surface area contributed by atoms with Gasteiger partial charge in [0.1, 0.15) is 32.7 Å². The number of benzene rings is 1. The Kier molecular flexibility index (Phi) is 7.98. The van der Waals surface area contributed by atoms with Crippen LogP contribution in [-0.2, 0) is 11.3 Å². The highest BCUT2D eigenvalue weighted by atomic mass is 16.7. The summed E-state index contributed by atoms with van der Waals surface area (Å²) in [6.07, 6.45) is 6.13. The summed E-state index contributed by atoms with van der Waals surface area (Å²) in [6.45, 7) is 10.6. The van der Waals surface area contributed by atoms with Crippen LogP contribution in [0.1, 0.15) is 51.5 Å². The Hall–Kier alpha value is -1.79. The van der Waals surface area contributed by atoms with Crippen LogP contribution < -0.4 is 24.6 Å². The number of hydrogen-bond donors (Lipinski definition) is 3. The van der Waals surface area contributed by atoms with E-state index in [4.69, 9.17) is 9.47 Å². The van der Waals surface area contributed by atoms with E-state index >= 15 is 0 Å². The monoisotopic (exact) mass is 391 g/mol. The number of rotatable bonds is 10. The van der Waals surface area contributed by atoms with Gasteiger partial charge in [-0.3, -0.25) is 4.79 Å². The lowest BCUT2D eigenvalue weighted by Gasteiger charge is -2.29. The maximum absolute atomic E-state index is 12.3. The average molecular weight is 392 g/mol. The fourth-order valence-electron chi connectivity index (χ4n) is 4.15. The van der Waals surface area contributed by atoms with Gasteiger partial charge in [-0.05, 0) is 31.5 Å². The maximum Gasteiger partial charge on any atom is 0.275 e. The number of carbonyl (C=O) groups excluding carboxylic acids is 1. The first-order chi connectivity index (χ1) is 13.6. The zero-order chi connectivity index (χ0) is 19.8. The summed E-state index contributed by atoms with van der Waals surface area (Å²) >= 11 is 0. The van der Waals surface area contributed by atoms with Crippen molar-refractivity contribution in [1.29, 1.82) is 0 Å². The Morgan fingerprint density at radius 3 is 2.61 bits per heavy atom. The number of carbonyl (C=O) groups is 1. The van der Waals surface area contributed by atoms with Gasteiger partial charge in [0.2, 0.25) is 6.79 Å². The molecule has 3 rings (SSSR count). The van der Waals surface area contributed by atoms with Gasteiger partial charge in [0, 0.05) is 11.6 Å². The third kappa shape index (κ3) is 6.38. The minimum atomic E-state index is 0.206. The summed E-state index contributed by atoms with van der Waals surface area (Å²) in [5.74, 6) is 1.91. The molecule has 6 heteroatoms. The summed E-state index contributed by atoms with van der Waals surface area (Å²) in [6, 6.07) is 6.53. The van der Waals surface area contributed by atoms with Crippen LogP contribution >= 0.6 is 0 Å². The summed E-state index contributed by atoms with van der Waals surface area (Å²) < 4.78 is 10.9. The summed E-state index contributed by atoms with van der Waals surface area (Å²) in [4.78, 5) is 15.3. The van der Waals surface area contributed by atoms with Crippen LogP contribution in [-0.4, -0.2) is 51.5 Å². The molecule has 0 aromatic heterocycles. The number of quaternary nitrogens is 2. The molecule has 156 valence electrons. The normalized spacial score (nSPS) is 22.1. The van der Waals surface area contributed by atoms with Crippen LogP contribution in [0.5, 0.6) is 11.5 Å². The van der Waals surface area contributed by atoms with E-state index in [9.17, 15) is 4.79 Å². The minimum absolute atomic E-state index is 0.206. The van der Waals surface area contributed by atoms with Gasteiger partial charge in [0.15, 0.2) is 18.0 Å². The van der Waals surface area contributed by atoms with E-state index in [2.05, 4.69) is 31.3 Å². The zero-order valence-electron chi connectivity index (χ0n) is 17.5. The Bertz CT molecular complexity index is 629. The molecule has 0 unspecified atom stereocenters. The molecule has 6 nitrogen and oxygen atoms in total. The van der Waals surface area contributed by atoms with Crippen LogP contribution in [0.2, 0.25) is 0 Å². The first-order valence-corrected chi connectivity index (χ1v) is 11.0. The average Bonchev–Trinajstić information content (AvgIpc) is 3.14. The molecule has 28 heavy (non-hydrogen) atoms. The fourth-order valence-corrected chi connectivity index (χ4v) is 4.15. The number of amides is 1. The third-order valence-electron chi connectivity index (χ3n) is 5.86. The number of piperazine rings is 1. The first-order valence-electron chi connectivity index (χ1n) is 11.0. The molecule has 0 bridgehead atoms. The van der Waals surface area contributed by atoms with Crippen molar-refractivity contribution in [2.24, 2.45) is 0 Å². The molecule has 2 aliphatic heterocycles. The van der Waals surface area contributed by atoms with Crippen LogP contribution in [0, 0.1) is 0 Å². The second kappa shape index (κ2) is 10.7. The largest absolute Gasteiger partial charge is 0.454 e. The molecule has 1 aromatic carbocycles. The summed E-state index contributed by atoms with van der Waals surface area (Å²) in [5.41, 5.74) is 1.29. The second-order valence-corrected chi connectivity index (χ2v) is 8.36. The van der Waals surface area contributed by atoms with Gasteiger partial charge in [-0.2, -0.15) is 0 Å². The number of fused-ring (bicyclic) bond motifs is 1. The molecule has 1 amide bonds. The first kappa shape index (κ1) is 20.9. The van der Waals surface area contributed by atoms with Gasteiger partial charge < -0.3 is 24.6 Å². The quantitative estimate of drug-likeness (QED) is 0.499. The van der Waals surface area contributed by atoms with Crippen LogP contribution in [0.25, 0.3) is 0 Å². The lowest BCUT2D eigenvalue weighted by Crippen LogP contribution is -3.28. The molecule has 1 aromatic rings. The Morgan fingerprint density at radius 2 is 1.82 bits per heavy atom. The second-order valence-electron chi connectivity index (χ2n) is 8.36. The smallest absolute Gasteiger partial charge is 0.275 e. The van der Waals surface area contributed by atoms with Crippen molar-refractivity contribution < 1.29 is 24.1 Å². The molecule has 1 fully saturated rings. The van der Waals surface area contributed by atoms with Gasteiger partial charge in [0.25, 0.3) is 5.91 Å². The fraction of sp³-hybridized carbons (Fsp3) is 0.682. The molecule has 3 N–H and O–H groups in total. The molecule has 0 radical (unpaired) electrons. The third-order valence-corrected chi connectivity index (χ3v) is 5.86. The van der Waals surface area contributed by atoms with Gasteiger partial charge in [-0.15, -0.1) is 0 Å². The summed E-state index contributed by atoms with van der Waals surface area (Å²) in [7, 11) is 0. The van der Waals surface area contributed by atoms with E-state index < -0.39 is 0 Å². The van der Waals surface area contributed by atoms with Crippen LogP contribution in [0.3, 0.4) is 0 Å². The van der Waals surface area contributed by atoms with Gasteiger partial charge >= 0.3 is 0 Å². The Morgan fingerprint density at radius 1 is 1.07 bits per heavy atom. The van der Waals surface area contributed by atoms with E-state index in [1.165, 1.54) is 36.1 Å². The Balaban J connectivity index is 1.33. The molecule has 0 aliphatic carbocycles. The molecule has 2 aliphatic rings. The van der Waals surface area contributed by atoms with Crippen molar-refractivity contribution in [3.05, 3.63) is 23.8 Å². The molecule has 1 saturated heterocycles. The topological polar surface area (TPSA) is 56.4 Å². The highest BCUT2D eigenvalue weighted by Crippen LogP contribution is 2.32. The number of hydrogen-bond acceptors (Lipinski definition) is 3. The summed E-state index contributed by atoms with van der Waals surface area (Å²) in [5, 5.41) is 3.19. The minimum Gasteiger partial charge on any atom is -0.454 e. The van der Waals surface area contributed by atoms with Crippen molar-refractivity contribution in [3.8, 4) is 11.5 Å². The predicted octanol–water partition coefficient (Wildman–Crippen LogP) is 0.174. The van der Waals surface area contributed by atoms with E-state index in [0.717, 1.165) is 50.6 Å². The van der Waals surface area contributed by atoms with E-state index in [1.54, 1.807) is 4.90 Å². The van der Waals surface area contributed by atoms with E-state index in [1.807, 2.05) is 6.07 Å². The lowest BCUT2D eigenvalue weighted by atomic mass is 10.1. The van der Waals surface area contributed by atoms with Gasteiger partial charge in [0.05, 0.1) is 0 Å². The highest BCUT2D eigenvalue weighted by Gasteiger charge is 2.25. The van der Waals surface area contributed by atoms with Crippen molar-refractivity contribution in [2.75, 3.05) is 39.5 Å². The van der Waals surface area contributed by atoms with E-state index in [-0.39, 0.29) is 5.91 Å². The molecule has 0 spiro atoms. The molecule has 0 saturated carbocycles. The Labute approximate surface area is 169 Å². The maximum atomic E-state index is 12.3. The van der Waals surface area contributed by atoms with Crippen molar-refractivity contribution in [2.45, 2.75) is 58.5 Å². The van der Waals surface area contributed by atoms with Crippen molar-refractivity contribution >= 4 is 5.91 Å². The van der Waals surface area contributed by atoms with E-state index in [0.29, 0.717) is 19.4 Å². The molecular formula is C22H37N3O3+2. The van der Waals surface area contributed by atoms with Gasteiger partial charge in [-0.1, -0.05) is 32.6 Å². The van der Waals surface area contributed by atoms with Crippen molar-refractivity contribution in [3.63, 3.8) is 0 Å². The number of unbranched alkanes of at least 4 members (excludes halogenated alkanes) is 3. The van der Waals surface area contributed by atoms with Crippen LogP contribution in [0.15, 0.2) is 18.2 Å². The van der Waals surface area contributed by atoms with Crippen LogP contribution in [0.4, 0.5) is 0 Å². The molecule has 2 heterocycles. The molecular weight excluding hydrogens is 354 g/mol. The number of ether oxygens (including phenoxy) is 2.